The van der Waals surface area contributed by atoms with Crippen molar-refractivity contribution in [2.75, 3.05) is 11.1 Å². The number of rotatable bonds is 4. The minimum Gasteiger partial charge on any atom is -0.368 e. The Hall–Kier alpha value is -3.99. The van der Waals surface area contributed by atoms with Gasteiger partial charge in [-0.2, -0.15) is 10.2 Å². The van der Waals surface area contributed by atoms with Crippen LogP contribution in [0.2, 0.25) is 0 Å². The smallest absolute Gasteiger partial charge is 0.222 e. The highest BCUT2D eigenvalue weighted by Crippen LogP contribution is 2.31. The first-order valence-corrected chi connectivity index (χ1v) is 9.16. The molecule has 0 saturated heterocycles. The summed E-state index contributed by atoms with van der Waals surface area (Å²) in [5, 5.41) is 12.8. The van der Waals surface area contributed by atoms with E-state index in [1.54, 1.807) is 13.1 Å². The molecule has 0 aliphatic carbocycles. The molecule has 29 heavy (non-hydrogen) atoms. The maximum Gasteiger partial charge on any atom is 0.222 e. The quantitative estimate of drug-likeness (QED) is 0.554. The Kier molecular flexibility index (Phi) is 4.56. The Morgan fingerprint density at radius 2 is 2.03 bits per heavy atom. The lowest BCUT2D eigenvalue weighted by atomic mass is 10.0. The maximum absolute atomic E-state index is 9.51. The van der Waals surface area contributed by atoms with Crippen LogP contribution >= 0.6 is 0 Å². The summed E-state index contributed by atoms with van der Waals surface area (Å²) in [4.78, 5) is 17.7. The molecule has 0 bridgehead atoms. The van der Waals surface area contributed by atoms with Crippen LogP contribution in [0.1, 0.15) is 29.9 Å². The Bertz CT molecular complexity index is 1240. The van der Waals surface area contributed by atoms with Crippen LogP contribution in [-0.2, 0) is 7.05 Å². The van der Waals surface area contributed by atoms with Crippen molar-refractivity contribution >= 4 is 22.8 Å². The van der Waals surface area contributed by atoms with Gasteiger partial charge in [-0.25, -0.2) is 9.97 Å². The van der Waals surface area contributed by atoms with Crippen molar-refractivity contribution in [2.24, 2.45) is 7.05 Å². The summed E-state index contributed by atoms with van der Waals surface area (Å²) < 4.78 is 2.03. The van der Waals surface area contributed by atoms with E-state index in [1.165, 1.54) is 0 Å². The zero-order chi connectivity index (χ0) is 20.5. The van der Waals surface area contributed by atoms with E-state index >= 15 is 0 Å². The summed E-state index contributed by atoms with van der Waals surface area (Å²) >= 11 is 0. The van der Waals surface area contributed by atoms with Crippen LogP contribution in [0.15, 0.2) is 42.7 Å². The van der Waals surface area contributed by atoms with Gasteiger partial charge in [0.25, 0.3) is 0 Å². The Balaban J connectivity index is 1.84. The summed E-state index contributed by atoms with van der Waals surface area (Å²) in [6, 6.07) is 11.7. The summed E-state index contributed by atoms with van der Waals surface area (Å²) in [6.07, 6.45) is 3.73. The number of nitrogen functional groups attached to an aromatic ring is 1. The van der Waals surface area contributed by atoms with E-state index in [1.807, 2.05) is 49.0 Å². The SMILES string of the molecule is Cc1nc(N)nc(NC(C)c2nc3ccn(C)c3cc2-c2ccccn2)c1C#N. The zero-order valence-corrected chi connectivity index (χ0v) is 16.4. The summed E-state index contributed by atoms with van der Waals surface area (Å²) in [7, 11) is 1.99. The van der Waals surface area contributed by atoms with Crippen LogP contribution in [0.5, 0.6) is 0 Å². The molecule has 1 unspecified atom stereocenters. The highest BCUT2D eigenvalue weighted by atomic mass is 15.1. The Labute approximate surface area is 168 Å². The van der Waals surface area contributed by atoms with Crippen molar-refractivity contribution in [3.05, 3.63) is 59.7 Å². The molecule has 8 heteroatoms. The van der Waals surface area contributed by atoms with Gasteiger partial charge < -0.3 is 15.6 Å². The molecule has 4 aromatic rings. The monoisotopic (exact) mass is 384 g/mol. The fourth-order valence-corrected chi connectivity index (χ4v) is 3.36. The molecule has 0 aliphatic rings. The highest BCUT2D eigenvalue weighted by Gasteiger charge is 2.20. The van der Waals surface area contributed by atoms with E-state index in [0.29, 0.717) is 17.1 Å². The first-order valence-electron chi connectivity index (χ1n) is 9.16. The summed E-state index contributed by atoms with van der Waals surface area (Å²) in [6.45, 7) is 3.71. The third kappa shape index (κ3) is 3.34. The van der Waals surface area contributed by atoms with Crippen molar-refractivity contribution < 1.29 is 0 Å². The van der Waals surface area contributed by atoms with Crippen LogP contribution in [0, 0.1) is 18.3 Å². The molecule has 4 rings (SSSR count). The van der Waals surface area contributed by atoms with Gasteiger partial charge in [0, 0.05) is 25.0 Å². The lowest BCUT2D eigenvalue weighted by Gasteiger charge is -2.19. The molecular weight excluding hydrogens is 364 g/mol. The topological polar surface area (TPSA) is 118 Å². The molecule has 1 atom stereocenters. The lowest BCUT2D eigenvalue weighted by molar-refractivity contribution is 0.836. The molecule has 3 N–H and O–H groups in total. The second kappa shape index (κ2) is 7.20. The van der Waals surface area contributed by atoms with Crippen LogP contribution in [-0.4, -0.2) is 24.5 Å². The van der Waals surface area contributed by atoms with Crippen LogP contribution in [0.25, 0.3) is 22.3 Å². The second-order valence-electron chi connectivity index (χ2n) is 6.84. The highest BCUT2D eigenvalue weighted by molar-refractivity contribution is 5.82. The zero-order valence-electron chi connectivity index (χ0n) is 16.4. The number of hydrogen-bond donors (Lipinski definition) is 2. The minimum atomic E-state index is -0.252. The second-order valence-corrected chi connectivity index (χ2v) is 6.84. The van der Waals surface area contributed by atoms with Gasteiger partial charge in [0.2, 0.25) is 5.95 Å². The number of nitriles is 1. The number of aryl methyl sites for hydroxylation is 2. The molecule has 0 aromatic carbocycles. The van der Waals surface area contributed by atoms with Gasteiger partial charge in [-0.05, 0) is 38.1 Å². The van der Waals surface area contributed by atoms with Crippen LogP contribution in [0.4, 0.5) is 11.8 Å². The number of pyridine rings is 2. The van der Waals surface area contributed by atoms with Gasteiger partial charge in [0.15, 0.2) is 0 Å². The fourth-order valence-electron chi connectivity index (χ4n) is 3.36. The fraction of sp³-hybridized carbons (Fsp3) is 0.190. The average Bonchev–Trinajstić information content (AvgIpc) is 3.07. The van der Waals surface area contributed by atoms with Gasteiger partial charge in [0.05, 0.1) is 34.2 Å². The van der Waals surface area contributed by atoms with Crippen LogP contribution < -0.4 is 11.1 Å². The molecule has 0 saturated carbocycles. The van der Waals surface area contributed by atoms with Crippen molar-refractivity contribution in [1.82, 2.24) is 24.5 Å². The lowest BCUT2D eigenvalue weighted by Crippen LogP contribution is -2.14. The van der Waals surface area contributed by atoms with E-state index in [-0.39, 0.29) is 12.0 Å². The molecular formula is C21H20N8. The van der Waals surface area contributed by atoms with Gasteiger partial charge in [-0.15, -0.1) is 0 Å². The molecule has 0 spiro atoms. The number of nitrogens with two attached hydrogens (primary N) is 1. The van der Waals surface area contributed by atoms with E-state index in [9.17, 15) is 5.26 Å². The average molecular weight is 384 g/mol. The number of anilines is 2. The third-order valence-electron chi connectivity index (χ3n) is 4.82. The third-order valence-corrected chi connectivity index (χ3v) is 4.82. The van der Waals surface area contributed by atoms with E-state index in [0.717, 1.165) is 28.0 Å². The van der Waals surface area contributed by atoms with Gasteiger partial charge in [0.1, 0.15) is 17.5 Å². The standard InChI is InChI=1S/C21H20N8/c1-12-15(11-22)20(28-21(23)26-12)25-13(2)19-14(16-6-4-5-8-24-16)10-18-17(27-19)7-9-29(18)3/h4-10,13H,1-3H3,(H3,23,25,26,28). The Morgan fingerprint density at radius 1 is 1.21 bits per heavy atom. The maximum atomic E-state index is 9.51. The number of fused-ring (bicyclic) bond motifs is 1. The molecule has 0 fully saturated rings. The van der Waals surface area contributed by atoms with Crippen molar-refractivity contribution in [3.63, 3.8) is 0 Å². The molecule has 4 heterocycles. The number of nitrogens with zero attached hydrogens (tertiary/aromatic N) is 6. The number of nitrogens with one attached hydrogen (secondary N) is 1. The van der Waals surface area contributed by atoms with Crippen molar-refractivity contribution in [2.45, 2.75) is 19.9 Å². The van der Waals surface area contributed by atoms with Gasteiger partial charge >= 0.3 is 0 Å². The molecule has 0 amide bonds. The van der Waals surface area contributed by atoms with Crippen LogP contribution in [0.3, 0.4) is 0 Å². The first kappa shape index (κ1) is 18.4. The van der Waals surface area contributed by atoms with E-state index < -0.39 is 0 Å². The molecule has 8 nitrogen and oxygen atoms in total. The summed E-state index contributed by atoms with van der Waals surface area (Å²) in [5.74, 6) is 0.513. The molecule has 144 valence electrons. The van der Waals surface area contributed by atoms with E-state index in [4.69, 9.17) is 10.7 Å². The number of hydrogen-bond acceptors (Lipinski definition) is 7. The van der Waals surface area contributed by atoms with Crippen molar-refractivity contribution in [1.29, 1.82) is 5.26 Å². The number of aromatic nitrogens is 5. The molecule has 4 aromatic heterocycles. The molecule has 0 radical (unpaired) electrons. The summed E-state index contributed by atoms with van der Waals surface area (Å²) in [5.41, 5.74) is 11.1. The predicted molar refractivity (Wildman–Crippen MR) is 112 cm³/mol. The predicted octanol–water partition coefficient (Wildman–Crippen LogP) is 3.36. The van der Waals surface area contributed by atoms with Crippen molar-refractivity contribution in [3.8, 4) is 17.3 Å². The van der Waals surface area contributed by atoms with Gasteiger partial charge in [-0.1, -0.05) is 6.07 Å². The normalized spacial score (nSPS) is 11.9. The largest absolute Gasteiger partial charge is 0.368 e. The first-order chi connectivity index (χ1) is 14.0. The van der Waals surface area contributed by atoms with Gasteiger partial charge in [-0.3, -0.25) is 4.98 Å². The minimum absolute atomic E-state index is 0.118. The Morgan fingerprint density at radius 3 is 2.76 bits per heavy atom. The molecule has 0 aliphatic heterocycles. The van der Waals surface area contributed by atoms with E-state index in [2.05, 4.69) is 32.4 Å².